The highest BCUT2D eigenvalue weighted by Crippen LogP contribution is 2.22. The third-order valence-corrected chi connectivity index (χ3v) is 5.85. The summed E-state index contributed by atoms with van der Waals surface area (Å²) >= 11 is 0. The molecule has 0 bridgehead atoms. The van der Waals surface area contributed by atoms with E-state index in [1.54, 1.807) is 31.2 Å². The Kier molecular flexibility index (Phi) is 5.90. The molecular weight excluding hydrogens is 354 g/mol. The summed E-state index contributed by atoms with van der Waals surface area (Å²) in [6, 6.07) is 6.39. The lowest BCUT2D eigenvalue weighted by molar-refractivity contribution is -0.121. The topological polar surface area (TPSA) is 103 Å². The number of aliphatic imine (C=N–C) groups is 1. The number of piperazine rings is 1. The molecule has 26 heavy (non-hydrogen) atoms. The second-order valence-electron chi connectivity index (χ2n) is 6.57. The van der Waals surface area contributed by atoms with Crippen LogP contribution in [-0.4, -0.2) is 70.4 Å². The normalized spacial score (nSPS) is 21.8. The summed E-state index contributed by atoms with van der Waals surface area (Å²) in [5, 5.41) is 6.21. The molecule has 8 nitrogen and oxygen atoms in total. The zero-order chi connectivity index (χ0) is 18.6. The highest BCUT2D eigenvalue weighted by Gasteiger charge is 2.30. The average Bonchev–Trinajstić information content (AvgIpc) is 2.86. The fourth-order valence-corrected chi connectivity index (χ4v) is 4.36. The molecule has 1 amide bonds. The maximum Gasteiger partial charge on any atom is 0.263 e. The summed E-state index contributed by atoms with van der Waals surface area (Å²) in [6.45, 7) is 7.22. The van der Waals surface area contributed by atoms with Crippen molar-refractivity contribution in [2.45, 2.75) is 24.3 Å². The van der Waals surface area contributed by atoms with Crippen LogP contribution in [-0.2, 0) is 14.8 Å². The highest BCUT2D eigenvalue weighted by molar-refractivity contribution is 7.90. The van der Waals surface area contributed by atoms with Crippen molar-refractivity contribution in [3.63, 3.8) is 0 Å². The van der Waals surface area contributed by atoms with Crippen LogP contribution in [0.1, 0.15) is 18.9 Å². The molecule has 1 fully saturated rings. The van der Waals surface area contributed by atoms with Gasteiger partial charge in [-0.1, -0.05) is 12.1 Å². The van der Waals surface area contributed by atoms with Crippen molar-refractivity contribution in [1.29, 1.82) is 0 Å². The van der Waals surface area contributed by atoms with Crippen molar-refractivity contribution in [1.82, 2.24) is 20.3 Å². The Labute approximate surface area is 154 Å². The van der Waals surface area contributed by atoms with Crippen LogP contribution in [0.5, 0.6) is 0 Å². The number of amides is 1. The molecule has 1 unspecified atom stereocenters. The van der Waals surface area contributed by atoms with Crippen LogP contribution in [0.3, 0.4) is 0 Å². The van der Waals surface area contributed by atoms with E-state index in [0.29, 0.717) is 17.9 Å². The Bertz CT molecular complexity index is 787. The molecule has 1 aromatic rings. The molecule has 1 aromatic carbocycles. The van der Waals surface area contributed by atoms with Crippen LogP contribution in [0.4, 0.5) is 0 Å². The molecular formula is C17H25N5O3S. The first-order valence-corrected chi connectivity index (χ1v) is 10.3. The SMILES string of the molecule is CC(CC(=O)NCCN1CCNCC1)N=C1NS(=O)(=O)c2ccccc21. The smallest absolute Gasteiger partial charge is 0.263 e. The van der Waals surface area contributed by atoms with Crippen molar-refractivity contribution in [3.05, 3.63) is 29.8 Å². The standard InChI is InChI=1S/C17H25N5O3S/c1-13(12-16(23)19-8-11-22-9-6-18-7-10-22)20-17-14-4-2-3-5-15(14)26(24,25)21-17/h2-5,13,18H,6-12H2,1H3,(H,19,23)(H,20,21). The van der Waals surface area contributed by atoms with Crippen LogP contribution in [0, 0.1) is 0 Å². The monoisotopic (exact) mass is 379 g/mol. The number of amidine groups is 1. The van der Waals surface area contributed by atoms with E-state index in [1.165, 1.54) is 0 Å². The maximum absolute atomic E-state index is 12.1. The van der Waals surface area contributed by atoms with Gasteiger partial charge in [-0.25, -0.2) is 8.42 Å². The number of nitrogens with zero attached hydrogens (tertiary/aromatic N) is 2. The minimum Gasteiger partial charge on any atom is -0.355 e. The van der Waals surface area contributed by atoms with Gasteiger partial charge in [-0.2, -0.15) is 0 Å². The van der Waals surface area contributed by atoms with Crippen molar-refractivity contribution in [3.8, 4) is 0 Å². The van der Waals surface area contributed by atoms with E-state index in [2.05, 4.69) is 25.2 Å². The van der Waals surface area contributed by atoms with E-state index in [1.807, 2.05) is 0 Å². The molecule has 3 N–H and O–H groups in total. The van der Waals surface area contributed by atoms with Crippen molar-refractivity contribution >= 4 is 21.8 Å². The Morgan fingerprint density at radius 2 is 2.04 bits per heavy atom. The van der Waals surface area contributed by atoms with E-state index >= 15 is 0 Å². The minimum atomic E-state index is -3.55. The van der Waals surface area contributed by atoms with Gasteiger partial charge >= 0.3 is 0 Å². The first-order chi connectivity index (χ1) is 12.5. The fraction of sp³-hybridized carbons (Fsp3) is 0.529. The first-order valence-electron chi connectivity index (χ1n) is 8.85. The van der Waals surface area contributed by atoms with Gasteiger partial charge in [0.25, 0.3) is 10.0 Å². The van der Waals surface area contributed by atoms with Gasteiger partial charge in [-0.3, -0.25) is 19.4 Å². The molecule has 1 saturated heterocycles. The Hall–Kier alpha value is -1.97. The van der Waals surface area contributed by atoms with Crippen LogP contribution in [0.25, 0.3) is 0 Å². The first kappa shape index (κ1) is 18.8. The van der Waals surface area contributed by atoms with Gasteiger partial charge < -0.3 is 10.6 Å². The van der Waals surface area contributed by atoms with Gasteiger partial charge in [-0.15, -0.1) is 0 Å². The molecule has 0 spiro atoms. The predicted octanol–water partition coefficient (Wildman–Crippen LogP) is -0.475. The van der Waals surface area contributed by atoms with Gasteiger partial charge in [0.1, 0.15) is 5.84 Å². The number of nitrogens with one attached hydrogen (secondary N) is 3. The molecule has 3 rings (SSSR count). The van der Waals surface area contributed by atoms with Crippen molar-refractivity contribution < 1.29 is 13.2 Å². The van der Waals surface area contributed by atoms with E-state index in [0.717, 1.165) is 32.7 Å². The Morgan fingerprint density at radius 1 is 1.31 bits per heavy atom. The summed E-state index contributed by atoms with van der Waals surface area (Å²) in [6.07, 6.45) is 0.217. The van der Waals surface area contributed by atoms with Gasteiger partial charge in [0.15, 0.2) is 0 Å². The Morgan fingerprint density at radius 3 is 2.81 bits per heavy atom. The molecule has 0 aromatic heterocycles. The second kappa shape index (κ2) is 8.15. The maximum atomic E-state index is 12.1. The number of hydrogen-bond donors (Lipinski definition) is 3. The highest BCUT2D eigenvalue weighted by atomic mass is 32.2. The van der Waals surface area contributed by atoms with Crippen LogP contribution >= 0.6 is 0 Å². The summed E-state index contributed by atoms with van der Waals surface area (Å²) < 4.78 is 26.6. The van der Waals surface area contributed by atoms with Gasteiger partial charge in [0.05, 0.1) is 10.9 Å². The average molecular weight is 379 g/mol. The summed E-state index contributed by atoms with van der Waals surface area (Å²) in [5.41, 5.74) is 0.554. The van der Waals surface area contributed by atoms with Gasteiger partial charge in [0.2, 0.25) is 5.91 Å². The zero-order valence-corrected chi connectivity index (χ0v) is 15.7. The molecule has 9 heteroatoms. The molecule has 2 aliphatic heterocycles. The number of hydrogen-bond acceptors (Lipinski definition) is 6. The quantitative estimate of drug-likeness (QED) is 0.620. The Balaban J connectivity index is 1.51. The summed E-state index contributed by atoms with van der Waals surface area (Å²) in [5.74, 6) is 0.229. The third kappa shape index (κ3) is 4.60. The molecule has 2 aliphatic rings. The lowest BCUT2D eigenvalue weighted by Crippen LogP contribution is -2.46. The molecule has 0 radical (unpaired) electrons. The molecule has 2 heterocycles. The van der Waals surface area contributed by atoms with E-state index in [9.17, 15) is 13.2 Å². The number of carbonyl (C=O) groups excluding carboxylic acids is 1. The van der Waals surface area contributed by atoms with Crippen molar-refractivity contribution in [2.75, 3.05) is 39.3 Å². The minimum absolute atomic E-state index is 0.0777. The molecule has 142 valence electrons. The van der Waals surface area contributed by atoms with Crippen LogP contribution < -0.4 is 15.4 Å². The van der Waals surface area contributed by atoms with E-state index in [-0.39, 0.29) is 23.3 Å². The summed E-state index contributed by atoms with van der Waals surface area (Å²) in [7, 11) is -3.55. The van der Waals surface area contributed by atoms with Crippen molar-refractivity contribution in [2.24, 2.45) is 4.99 Å². The molecule has 1 atom stereocenters. The number of carbonyl (C=O) groups is 1. The van der Waals surface area contributed by atoms with Gasteiger partial charge in [-0.05, 0) is 19.1 Å². The number of rotatable bonds is 6. The van der Waals surface area contributed by atoms with E-state index in [4.69, 9.17) is 0 Å². The number of sulfonamides is 1. The largest absolute Gasteiger partial charge is 0.355 e. The number of benzene rings is 1. The summed E-state index contributed by atoms with van der Waals surface area (Å²) in [4.78, 5) is 19.0. The lowest BCUT2D eigenvalue weighted by Gasteiger charge is -2.27. The second-order valence-corrected chi connectivity index (χ2v) is 8.22. The van der Waals surface area contributed by atoms with Crippen LogP contribution in [0.15, 0.2) is 34.2 Å². The molecule has 0 aliphatic carbocycles. The predicted molar refractivity (Wildman–Crippen MR) is 99.7 cm³/mol. The van der Waals surface area contributed by atoms with Crippen LogP contribution in [0.2, 0.25) is 0 Å². The van der Waals surface area contributed by atoms with Gasteiger partial charge in [0, 0.05) is 51.3 Å². The molecule has 0 saturated carbocycles. The fourth-order valence-electron chi connectivity index (χ4n) is 3.12. The lowest BCUT2D eigenvalue weighted by atomic mass is 10.2. The van der Waals surface area contributed by atoms with E-state index < -0.39 is 10.0 Å². The number of fused-ring (bicyclic) bond motifs is 1. The zero-order valence-electron chi connectivity index (χ0n) is 14.9. The third-order valence-electron chi connectivity index (χ3n) is 4.45.